The standard InChI is InChI=1S/C23H27N7OS/c1-14-20(13-31)32-23(26-14)29-21-12-19-18(4-2-8-25-19)22(28-21)27-15-10-16-5-6-17(11-15)30(16)9-3-7-24/h2,4,8,12,15-17,31H,3,5-6,9-11,13H2,1H3,(H2,26,27,28,29)/t15?,16-,17+. The molecule has 32 heavy (non-hydrogen) atoms. The first-order chi connectivity index (χ1) is 15.6. The second-order valence-electron chi connectivity index (χ2n) is 8.58. The van der Waals surface area contributed by atoms with Crippen molar-refractivity contribution in [2.45, 2.75) is 63.8 Å². The molecule has 8 nitrogen and oxygen atoms in total. The fraction of sp³-hybridized carbons (Fsp3) is 0.478. The first kappa shape index (κ1) is 21.1. The van der Waals surface area contributed by atoms with E-state index in [1.807, 2.05) is 19.1 Å². The number of aliphatic hydroxyl groups is 1. The molecule has 5 rings (SSSR count). The van der Waals surface area contributed by atoms with Gasteiger partial charge in [-0.2, -0.15) is 5.26 Å². The maximum Gasteiger partial charge on any atom is 0.188 e. The van der Waals surface area contributed by atoms with Crippen LogP contribution >= 0.6 is 11.3 Å². The summed E-state index contributed by atoms with van der Waals surface area (Å²) in [5.74, 6) is 1.52. The van der Waals surface area contributed by atoms with Crippen LogP contribution in [-0.4, -0.2) is 49.6 Å². The molecule has 3 aromatic rings. The predicted molar refractivity (Wildman–Crippen MR) is 126 cm³/mol. The largest absolute Gasteiger partial charge is 0.391 e. The molecule has 1 unspecified atom stereocenters. The van der Waals surface area contributed by atoms with E-state index in [1.54, 1.807) is 6.20 Å². The Labute approximate surface area is 191 Å². The molecule has 2 saturated heterocycles. The Morgan fingerprint density at radius 3 is 2.81 bits per heavy atom. The molecule has 0 spiro atoms. The van der Waals surface area contributed by atoms with Crippen LogP contribution in [0.15, 0.2) is 24.4 Å². The highest BCUT2D eigenvalue weighted by Gasteiger charge is 2.40. The summed E-state index contributed by atoms with van der Waals surface area (Å²) in [7, 11) is 0. The Morgan fingerprint density at radius 2 is 2.09 bits per heavy atom. The third-order valence-electron chi connectivity index (χ3n) is 6.58. The predicted octanol–water partition coefficient (Wildman–Crippen LogP) is 3.95. The number of nitrogens with zero attached hydrogens (tertiary/aromatic N) is 5. The van der Waals surface area contributed by atoms with Gasteiger partial charge in [-0.25, -0.2) is 9.97 Å². The number of nitriles is 1. The Kier molecular flexibility index (Phi) is 5.91. The highest BCUT2D eigenvalue weighted by Crippen LogP contribution is 2.37. The molecule has 2 bridgehead atoms. The van der Waals surface area contributed by atoms with Crippen LogP contribution in [0.4, 0.5) is 16.8 Å². The lowest BCUT2D eigenvalue weighted by molar-refractivity contribution is 0.136. The zero-order valence-electron chi connectivity index (χ0n) is 18.1. The average Bonchev–Trinajstić information content (AvgIpc) is 3.26. The Balaban J connectivity index is 1.38. The summed E-state index contributed by atoms with van der Waals surface area (Å²) >= 11 is 1.44. The summed E-state index contributed by atoms with van der Waals surface area (Å²) in [6.07, 6.45) is 6.94. The SMILES string of the molecule is Cc1nc(Nc2cc3ncccc3c(NC3C[C@H]4CC[C@@H](C3)N4CCC#N)n2)sc1CO. The van der Waals surface area contributed by atoms with E-state index in [4.69, 9.17) is 10.2 Å². The van der Waals surface area contributed by atoms with Gasteiger partial charge in [-0.05, 0) is 44.7 Å². The van der Waals surface area contributed by atoms with Crippen molar-refractivity contribution in [3.63, 3.8) is 0 Å². The monoisotopic (exact) mass is 449 g/mol. The van der Waals surface area contributed by atoms with Gasteiger partial charge in [0.1, 0.15) is 11.6 Å². The zero-order chi connectivity index (χ0) is 22.1. The van der Waals surface area contributed by atoms with E-state index in [-0.39, 0.29) is 6.61 Å². The molecule has 0 radical (unpaired) electrons. The molecule has 0 amide bonds. The number of hydrogen-bond donors (Lipinski definition) is 3. The van der Waals surface area contributed by atoms with Crippen LogP contribution in [0.25, 0.3) is 10.9 Å². The molecule has 2 aliphatic heterocycles. The van der Waals surface area contributed by atoms with Crippen molar-refractivity contribution in [2.24, 2.45) is 0 Å². The molecular weight excluding hydrogens is 422 g/mol. The molecule has 9 heteroatoms. The minimum atomic E-state index is -0.0138. The van der Waals surface area contributed by atoms with Gasteiger partial charge in [0, 0.05) is 48.7 Å². The quantitative estimate of drug-likeness (QED) is 0.497. The summed E-state index contributed by atoms with van der Waals surface area (Å²) in [5, 5.41) is 27.2. The summed E-state index contributed by atoms with van der Waals surface area (Å²) in [4.78, 5) is 17.3. The third-order valence-corrected chi connectivity index (χ3v) is 7.64. The summed E-state index contributed by atoms with van der Waals surface area (Å²) < 4.78 is 0. The van der Waals surface area contributed by atoms with Gasteiger partial charge in [0.2, 0.25) is 0 Å². The number of anilines is 3. The molecule has 3 atom stereocenters. The minimum absolute atomic E-state index is 0.0138. The van der Waals surface area contributed by atoms with Crippen molar-refractivity contribution < 1.29 is 5.11 Å². The maximum absolute atomic E-state index is 9.47. The summed E-state index contributed by atoms with van der Waals surface area (Å²) in [6, 6.07) is 9.65. The fourth-order valence-corrected chi connectivity index (χ4v) is 5.95. The second kappa shape index (κ2) is 8.98. The Hall–Kier alpha value is -2.80. The lowest BCUT2D eigenvalue weighted by Gasteiger charge is -2.39. The van der Waals surface area contributed by atoms with Gasteiger partial charge in [0.05, 0.1) is 28.8 Å². The van der Waals surface area contributed by atoms with E-state index in [2.05, 4.69) is 37.6 Å². The smallest absolute Gasteiger partial charge is 0.188 e. The number of aryl methyl sites for hydroxylation is 1. The number of aromatic nitrogens is 3. The van der Waals surface area contributed by atoms with E-state index in [1.165, 1.54) is 24.2 Å². The van der Waals surface area contributed by atoms with Crippen LogP contribution in [0.2, 0.25) is 0 Å². The number of piperidine rings is 1. The molecule has 2 aliphatic rings. The number of fused-ring (bicyclic) bond motifs is 3. The first-order valence-electron chi connectivity index (χ1n) is 11.1. The van der Waals surface area contributed by atoms with Gasteiger partial charge in [-0.1, -0.05) is 11.3 Å². The van der Waals surface area contributed by atoms with E-state index in [9.17, 15) is 5.11 Å². The molecule has 2 fully saturated rings. The number of thiazole rings is 1. The summed E-state index contributed by atoms with van der Waals surface area (Å²) in [6.45, 7) is 2.76. The van der Waals surface area contributed by atoms with E-state index in [0.717, 1.165) is 46.7 Å². The van der Waals surface area contributed by atoms with Crippen LogP contribution < -0.4 is 10.6 Å². The van der Waals surface area contributed by atoms with Crippen LogP contribution in [0.3, 0.4) is 0 Å². The van der Waals surface area contributed by atoms with Crippen LogP contribution in [0, 0.1) is 18.3 Å². The van der Waals surface area contributed by atoms with Crippen LogP contribution in [-0.2, 0) is 6.61 Å². The van der Waals surface area contributed by atoms with E-state index in [0.29, 0.717) is 35.5 Å². The van der Waals surface area contributed by atoms with Crippen molar-refractivity contribution in [3.05, 3.63) is 35.0 Å². The number of aliphatic hydroxyl groups excluding tert-OH is 1. The minimum Gasteiger partial charge on any atom is -0.391 e. The number of hydrogen-bond acceptors (Lipinski definition) is 9. The lowest BCUT2D eigenvalue weighted by atomic mass is 9.97. The Bertz CT molecular complexity index is 1140. The molecule has 0 aromatic carbocycles. The highest BCUT2D eigenvalue weighted by atomic mass is 32.1. The van der Waals surface area contributed by atoms with E-state index >= 15 is 0 Å². The molecule has 166 valence electrons. The first-order valence-corrected chi connectivity index (χ1v) is 12.0. The van der Waals surface area contributed by atoms with Crippen molar-refractivity contribution >= 4 is 39.0 Å². The third kappa shape index (κ3) is 4.13. The zero-order valence-corrected chi connectivity index (χ0v) is 18.9. The van der Waals surface area contributed by atoms with Crippen LogP contribution in [0.1, 0.15) is 42.7 Å². The molecule has 0 saturated carbocycles. The molecular formula is C23H27N7OS. The molecule has 3 aromatic heterocycles. The number of pyridine rings is 2. The van der Waals surface area contributed by atoms with Gasteiger partial charge < -0.3 is 15.7 Å². The second-order valence-corrected chi connectivity index (χ2v) is 9.66. The Morgan fingerprint density at radius 1 is 1.28 bits per heavy atom. The lowest BCUT2D eigenvalue weighted by Crippen LogP contribution is -2.47. The van der Waals surface area contributed by atoms with Crippen molar-refractivity contribution in [1.29, 1.82) is 5.26 Å². The topological polar surface area (TPSA) is 110 Å². The molecule has 3 N–H and O–H groups in total. The van der Waals surface area contributed by atoms with Gasteiger partial charge in [-0.3, -0.25) is 9.88 Å². The fourth-order valence-electron chi connectivity index (χ4n) is 5.12. The van der Waals surface area contributed by atoms with Crippen molar-refractivity contribution in [2.75, 3.05) is 17.2 Å². The summed E-state index contributed by atoms with van der Waals surface area (Å²) in [5.41, 5.74) is 1.70. The average molecular weight is 450 g/mol. The normalized spacial score (nSPS) is 22.7. The van der Waals surface area contributed by atoms with Crippen molar-refractivity contribution in [3.8, 4) is 6.07 Å². The maximum atomic E-state index is 9.47. The number of rotatable bonds is 7. The van der Waals surface area contributed by atoms with Gasteiger partial charge >= 0.3 is 0 Å². The van der Waals surface area contributed by atoms with Gasteiger partial charge in [-0.15, -0.1) is 0 Å². The van der Waals surface area contributed by atoms with Crippen LogP contribution in [0.5, 0.6) is 0 Å². The molecule has 5 heterocycles. The van der Waals surface area contributed by atoms with Crippen molar-refractivity contribution in [1.82, 2.24) is 19.9 Å². The molecule has 0 aliphatic carbocycles. The highest BCUT2D eigenvalue weighted by molar-refractivity contribution is 7.15. The van der Waals surface area contributed by atoms with E-state index < -0.39 is 0 Å². The number of nitrogens with one attached hydrogen (secondary N) is 2. The van der Waals surface area contributed by atoms with Gasteiger partial charge in [0.25, 0.3) is 0 Å². The van der Waals surface area contributed by atoms with Gasteiger partial charge in [0.15, 0.2) is 5.13 Å².